The Labute approximate surface area is 330 Å². The Morgan fingerprint density at radius 3 is 1.91 bits per heavy atom. The minimum Gasteiger partial charge on any atom is -0.467 e. The summed E-state index contributed by atoms with van der Waals surface area (Å²) >= 11 is 0. The smallest absolute Gasteiger partial charge is 0.328 e. The number of carbonyl (C=O) groups excluding carboxylic acids is 2. The van der Waals surface area contributed by atoms with E-state index in [0.717, 1.165) is 41.9 Å². The van der Waals surface area contributed by atoms with Crippen LogP contribution in [0.15, 0.2) is 78.9 Å². The highest BCUT2D eigenvalue weighted by molar-refractivity contribution is 5.92. The van der Waals surface area contributed by atoms with Gasteiger partial charge in [0.05, 0.1) is 25.9 Å². The number of rotatable bonds is 24. The van der Waals surface area contributed by atoms with E-state index in [4.69, 9.17) is 14.2 Å². The molecule has 0 aromatic heterocycles. The summed E-state index contributed by atoms with van der Waals surface area (Å²) in [6, 6.07) is 23.7. The van der Waals surface area contributed by atoms with E-state index in [1.165, 1.54) is 84.2 Å². The zero-order valence-electron chi connectivity index (χ0n) is 33.8. The van der Waals surface area contributed by atoms with Crippen molar-refractivity contribution in [3.63, 3.8) is 0 Å². The maximum atomic E-state index is 13.0. The minimum absolute atomic E-state index is 0.00362. The molecule has 9 heteroatoms. The monoisotopic (exact) mass is 758 g/mol. The predicted molar refractivity (Wildman–Crippen MR) is 221 cm³/mol. The van der Waals surface area contributed by atoms with E-state index >= 15 is 0 Å². The van der Waals surface area contributed by atoms with Crippen LogP contribution in [-0.2, 0) is 32.0 Å². The Hall–Kier alpha value is -3.76. The fourth-order valence-corrected chi connectivity index (χ4v) is 7.34. The quantitative estimate of drug-likeness (QED) is 0.0617. The minimum atomic E-state index is -0.834. The highest BCUT2D eigenvalue weighted by Gasteiger charge is 2.39. The lowest BCUT2D eigenvalue weighted by molar-refractivity contribution is -0.276. The van der Waals surface area contributed by atoms with Gasteiger partial charge in [-0.25, -0.2) is 9.59 Å². The van der Waals surface area contributed by atoms with Gasteiger partial charge in [0, 0.05) is 30.1 Å². The highest BCUT2D eigenvalue weighted by Crippen LogP contribution is 2.42. The number of urea groups is 1. The van der Waals surface area contributed by atoms with Crippen molar-refractivity contribution >= 4 is 17.7 Å². The highest BCUT2D eigenvalue weighted by atomic mass is 16.7. The van der Waals surface area contributed by atoms with Gasteiger partial charge in [-0.1, -0.05) is 152 Å². The Kier molecular flexibility index (Phi) is 19.7. The zero-order valence-corrected chi connectivity index (χ0v) is 33.8. The Morgan fingerprint density at radius 2 is 1.33 bits per heavy atom. The van der Waals surface area contributed by atoms with Crippen LogP contribution in [0.25, 0.3) is 0 Å². The number of aliphatic hydroxyl groups is 1. The van der Waals surface area contributed by atoms with E-state index in [9.17, 15) is 14.7 Å². The molecular weight excluding hydrogens is 691 g/mol. The molecule has 9 nitrogen and oxygen atoms in total. The third-order valence-electron chi connectivity index (χ3n) is 10.7. The maximum Gasteiger partial charge on any atom is 0.328 e. The van der Waals surface area contributed by atoms with Gasteiger partial charge in [0.15, 0.2) is 6.29 Å². The molecule has 0 spiro atoms. The number of carbonyl (C=O) groups is 2. The standard InChI is InChI=1S/C46H67N3O6/c1-5-7-9-11-13-18-30-49(31-19-14-12-10-8-6-2)33-42-35(3)43(38-24-22-37(34-50)23-25-38)55-45(54-42)39-26-28-40(29-27-39)47-46(52)48-41(44(51)53-4)32-36-20-16-15-17-21-36/h15-17,20-29,35,41-43,45,50H,5-14,18-19,30-34H2,1-4H3,(H2,47,48,52)/t35-,41-,42+,43+,45+/m0/s1. The predicted octanol–water partition coefficient (Wildman–Crippen LogP) is 9.90. The first-order valence-electron chi connectivity index (χ1n) is 20.9. The molecule has 55 heavy (non-hydrogen) atoms. The van der Waals surface area contributed by atoms with Gasteiger partial charge < -0.3 is 34.9 Å². The lowest BCUT2D eigenvalue weighted by Crippen LogP contribution is -2.45. The number of hydrogen-bond donors (Lipinski definition) is 3. The molecule has 0 aliphatic carbocycles. The second kappa shape index (κ2) is 24.7. The number of esters is 1. The molecular formula is C46H67N3O6. The molecule has 2 amide bonds. The summed E-state index contributed by atoms with van der Waals surface area (Å²) in [6.07, 6.45) is 14.7. The van der Waals surface area contributed by atoms with Crippen LogP contribution in [0.5, 0.6) is 0 Å². The van der Waals surface area contributed by atoms with Crippen LogP contribution in [0, 0.1) is 5.92 Å². The largest absolute Gasteiger partial charge is 0.467 e. The van der Waals surface area contributed by atoms with E-state index < -0.39 is 24.3 Å². The molecule has 5 atom stereocenters. The van der Waals surface area contributed by atoms with Gasteiger partial charge in [0.25, 0.3) is 0 Å². The fraction of sp³-hybridized carbons (Fsp3) is 0.565. The van der Waals surface area contributed by atoms with Crippen molar-refractivity contribution in [2.24, 2.45) is 5.92 Å². The number of nitrogens with one attached hydrogen (secondary N) is 2. The Morgan fingerprint density at radius 1 is 0.745 bits per heavy atom. The van der Waals surface area contributed by atoms with E-state index in [1.807, 2.05) is 66.7 Å². The lowest BCUT2D eigenvalue weighted by Gasteiger charge is -2.43. The normalized spacial score (nSPS) is 18.9. The number of methoxy groups -OCH3 is 1. The second-order valence-corrected chi connectivity index (χ2v) is 15.1. The SMILES string of the molecule is CCCCCCCCN(CCCCCCCC)C[C@H]1O[C@@H](c2ccc(NC(=O)N[C@@H](Cc3ccccc3)C(=O)OC)cc2)O[C@@H](c2ccc(CO)cc2)[C@H]1C. The molecule has 302 valence electrons. The third kappa shape index (κ3) is 15.0. The van der Waals surface area contributed by atoms with Crippen LogP contribution in [0.2, 0.25) is 0 Å². The van der Waals surface area contributed by atoms with Gasteiger partial charge in [0.2, 0.25) is 0 Å². The van der Waals surface area contributed by atoms with E-state index in [-0.39, 0.29) is 24.7 Å². The lowest BCUT2D eigenvalue weighted by atomic mass is 9.90. The molecule has 0 bridgehead atoms. The van der Waals surface area contributed by atoms with Gasteiger partial charge in [-0.05, 0) is 54.8 Å². The van der Waals surface area contributed by atoms with Crippen LogP contribution < -0.4 is 10.6 Å². The van der Waals surface area contributed by atoms with Crippen molar-refractivity contribution in [3.8, 4) is 0 Å². The number of anilines is 1. The van der Waals surface area contributed by atoms with E-state index in [1.54, 1.807) is 0 Å². The van der Waals surface area contributed by atoms with E-state index in [0.29, 0.717) is 12.1 Å². The van der Waals surface area contributed by atoms with Crippen molar-refractivity contribution in [2.75, 3.05) is 32.1 Å². The molecule has 3 aromatic rings. The average Bonchev–Trinajstić information content (AvgIpc) is 3.21. The topological polar surface area (TPSA) is 109 Å². The first kappa shape index (κ1) is 44.0. The fourth-order valence-electron chi connectivity index (χ4n) is 7.34. The molecule has 3 aromatic carbocycles. The van der Waals surface area contributed by atoms with Crippen LogP contribution in [0.3, 0.4) is 0 Å². The Balaban J connectivity index is 1.47. The molecule has 0 radical (unpaired) electrons. The molecule has 0 saturated carbocycles. The van der Waals surface area contributed by atoms with Crippen LogP contribution in [0.4, 0.5) is 10.5 Å². The summed E-state index contributed by atoms with van der Waals surface area (Å²) in [5.74, 6) is -0.418. The van der Waals surface area contributed by atoms with Gasteiger partial charge in [-0.15, -0.1) is 0 Å². The van der Waals surface area contributed by atoms with Gasteiger partial charge in [-0.2, -0.15) is 0 Å². The third-order valence-corrected chi connectivity index (χ3v) is 10.7. The molecule has 1 heterocycles. The Bertz CT molecular complexity index is 1490. The van der Waals surface area contributed by atoms with Crippen molar-refractivity contribution in [1.82, 2.24) is 10.2 Å². The summed E-state index contributed by atoms with van der Waals surface area (Å²) in [6.45, 7) is 9.72. The summed E-state index contributed by atoms with van der Waals surface area (Å²) in [7, 11) is 1.32. The second-order valence-electron chi connectivity index (χ2n) is 15.1. The number of benzene rings is 3. The molecule has 1 aliphatic heterocycles. The maximum absolute atomic E-state index is 13.0. The number of nitrogens with zero attached hydrogens (tertiary/aromatic N) is 1. The average molecular weight is 758 g/mol. The number of ether oxygens (including phenoxy) is 3. The number of amides is 2. The van der Waals surface area contributed by atoms with Crippen LogP contribution in [-0.4, -0.2) is 60.9 Å². The van der Waals surface area contributed by atoms with Crippen LogP contribution in [0.1, 0.15) is 132 Å². The van der Waals surface area contributed by atoms with Crippen molar-refractivity contribution < 1.29 is 28.9 Å². The summed E-state index contributed by atoms with van der Waals surface area (Å²) < 4.78 is 18.5. The molecule has 1 fully saturated rings. The molecule has 1 saturated heterocycles. The summed E-state index contributed by atoms with van der Waals surface area (Å²) in [5, 5.41) is 15.3. The van der Waals surface area contributed by atoms with Gasteiger partial charge in [0.1, 0.15) is 6.04 Å². The van der Waals surface area contributed by atoms with Crippen molar-refractivity contribution in [2.45, 2.75) is 135 Å². The van der Waals surface area contributed by atoms with Crippen molar-refractivity contribution in [3.05, 3.63) is 101 Å². The van der Waals surface area contributed by atoms with Crippen LogP contribution >= 0.6 is 0 Å². The number of hydrogen-bond acceptors (Lipinski definition) is 7. The molecule has 4 rings (SSSR count). The zero-order chi connectivity index (χ0) is 39.3. The van der Waals surface area contributed by atoms with E-state index in [2.05, 4.69) is 48.4 Å². The molecule has 3 N–H and O–H groups in total. The summed E-state index contributed by atoms with van der Waals surface area (Å²) in [5.41, 5.74) is 4.27. The summed E-state index contributed by atoms with van der Waals surface area (Å²) in [4.78, 5) is 28.1. The number of unbranched alkanes of at least 4 members (excludes halogenated alkanes) is 10. The molecule has 0 unspecified atom stereocenters. The number of aliphatic hydroxyl groups excluding tert-OH is 1. The first-order valence-corrected chi connectivity index (χ1v) is 20.9. The van der Waals surface area contributed by atoms with Gasteiger partial charge >= 0.3 is 12.0 Å². The molecule has 1 aliphatic rings. The van der Waals surface area contributed by atoms with Gasteiger partial charge in [-0.3, -0.25) is 0 Å². The first-order chi connectivity index (χ1) is 26.8. The van der Waals surface area contributed by atoms with Crippen molar-refractivity contribution in [1.29, 1.82) is 0 Å².